The van der Waals surface area contributed by atoms with Crippen LogP contribution in [0.5, 0.6) is 0 Å². The summed E-state index contributed by atoms with van der Waals surface area (Å²) < 4.78 is 2.15. The van der Waals surface area contributed by atoms with Crippen LogP contribution in [0.2, 0.25) is 0 Å². The van der Waals surface area contributed by atoms with Crippen molar-refractivity contribution < 1.29 is 4.79 Å². The van der Waals surface area contributed by atoms with Crippen molar-refractivity contribution in [2.75, 3.05) is 0 Å². The van der Waals surface area contributed by atoms with Crippen LogP contribution in [0.4, 0.5) is 0 Å². The molecule has 0 radical (unpaired) electrons. The quantitative estimate of drug-likeness (QED) is 0.868. The number of benzene rings is 1. The van der Waals surface area contributed by atoms with Gasteiger partial charge in [-0.15, -0.1) is 10.2 Å². The Balaban J connectivity index is 1.71. The standard InChI is InChI=1S/C16H17N3OS/c20-13-7-4-8-14(13)21-16-18-17-15(11-9-10-11)19(16)12-5-2-1-3-6-12/h1-3,5-6,11,14H,4,7-10H2. The smallest absolute Gasteiger partial charge is 0.196 e. The number of para-hydroxylation sites is 1. The topological polar surface area (TPSA) is 47.8 Å². The van der Waals surface area contributed by atoms with Crippen molar-refractivity contribution in [2.45, 2.75) is 48.4 Å². The van der Waals surface area contributed by atoms with E-state index in [0.29, 0.717) is 18.1 Å². The van der Waals surface area contributed by atoms with Crippen molar-refractivity contribution in [3.63, 3.8) is 0 Å². The number of carbonyl (C=O) groups is 1. The van der Waals surface area contributed by atoms with Gasteiger partial charge in [0, 0.05) is 18.0 Å². The normalized spacial score (nSPS) is 21.9. The minimum atomic E-state index is 0.0590. The molecule has 0 bridgehead atoms. The fourth-order valence-corrected chi connectivity index (χ4v) is 4.00. The third-order valence-corrected chi connectivity index (χ3v) is 5.37. The SMILES string of the molecule is O=C1CCCC1Sc1nnc(C2CC2)n1-c1ccccc1. The second-order valence-electron chi connectivity index (χ2n) is 5.75. The third-order valence-electron chi connectivity index (χ3n) is 4.11. The van der Waals surface area contributed by atoms with Crippen LogP contribution in [-0.2, 0) is 4.79 Å². The van der Waals surface area contributed by atoms with Crippen molar-refractivity contribution in [1.82, 2.24) is 14.8 Å². The summed E-state index contributed by atoms with van der Waals surface area (Å²) in [6.07, 6.45) is 5.07. The largest absolute Gasteiger partial charge is 0.298 e. The van der Waals surface area contributed by atoms with Crippen LogP contribution in [0, 0.1) is 0 Å². The van der Waals surface area contributed by atoms with Gasteiger partial charge in [-0.25, -0.2) is 0 Å². The predicted molar refractivity (Wildman–Crippen MR) is 81.8 cm³/mol. The van der Waals surface area contributed by atoms with Crippen molar-refractivity contribution in [2.24, 2.45) is 0 Å². The highest BCUT2D eigenvalue weighted by atomic mass is 32.2. The van der Waals surface area contributed by atoms with E-state index < -0.39 is 0 Å². The number of carbonyl (C=O) groups excluding carboxylic acids is 1. The van der Waals surface area contributed by atoms with E-state index in [1.165, 1.54) is 12.8 Å². The van der Waals surface area contributed by atoms with Crippen LogP contribution < -0.4 is 0 Å². The van der Waals surface area contributed by atoms with Crippen molar-refractivity contribution in [3.05, 3.63) is 36.2 Å². The van der Waals surface area contributed by atoms with Crippen LogP contribution in [-0.4, -0.2) is 25.8 Å². The maximum Gasteiger partial charge on any atom is 0.196 e. The Morgan fingerprint density at radius 1 is 1.10 bits per heavy atom. The lowest BCUT2D eigenvalue weighted by atomic mass is 10.3. The molecule has 2 fully saturated rings. The van der Waals surface area contributed by atoms with Gasteiger partial charge in [0.15, 0.2) is 5.16 Å². The summed E-state index contributed by atoms with van der Waals surface area (Å²) in [5, 5.41) is 9.70. The molecule has 1 unspecified atom stereocenters. The maximum absolute atomic E-state index is 11.9. The molecule has 2 aliphatic carbocycles. The van der Waals surface area contributed by atoms with Gasteiger partial charge in [-0.3, -0.25) is 9.36 Å². The molecule has 1 aromatic carbocycles. The lowest BCUT2D eigenvalue weighted by Crippen LogP contribution is -2.10. The highest BCUT2D eigenvalue weighted by Crippen LogP contribution is 2.42. The molecule has 1 heterocycles. The van der Waals surface area contributed by atoms with Crippen molar-refractivity contribution in [1.29, 1.82) is 0 Å². The van der Waals surface area contributed by atoms with E-state index in [1.54, 1.807) is 11.8 Å². The molecule has 108 valence electrons. The second kappa shape index (κ2) is 5.30. The molecule has 2 aliphatic rings. The number of thioether (sulfide) groups is 1. The summed E-state index contributed by atoms with van der Waals surface area (Å²) in [6.45, 7) is 0. The van der Waals surface area contributed by atoms with E-state index in [9.17, 15) is 4.79 Å². The summed E-state index contributed by atoms with van der Waals surface area (Å²) >= 11 is 1.59. The van der Waals surface area contributed by atoms with E-state index in [1.807, 2.05) is 18.2 Å². The summed E-state index contributed by atoms with van der Waals surface area (Å²) in [7, 11) is 0. The van der Waals surface area contributed by atoms with Crippen LogP contribution in [0.3, 0.4) is 0 Å². The molecule has 0 saturated heterocycles. The zero-order valence-electron chi connectivity index (χ0n) is 11.7. The van der Waals surface area contributed by atoms with Gasteiger partial charge < -0.3 is 0 Å². The Bertz CT molecular complexity index is 663. The first-order valence-corrected chi connectivity index (χ1v) is 8.41. The molecule has 1 aromatic heterocycles. The molecule has 2 aromatic rings. The molecule has 2 saturated carbocycles. The Labute approximate surface area is 128 Å². The van der Waals surface area contributed by atoms with Gasteiger partial charge in [0.05, 0.1) is 5.25 Å². The van der Waals surface area contributed by atoms with Crippen LogP contribution in [0.1, 0.15) is 43.8 Å². The highest BCUT2D eigenvalue weighted by molar-refractivity contribution is 8.00. The molecule has 0 spiro atoms. The average Bonchev–Trinajstić information content (AvgIpc) is 3.16. The maximum atomic E-state index is 11.9. The lowest BCUT2D eigenvalue weighted by molar-refractivity contribution is -0.116. The van der Waals surface area contributed by atoms with Gasteiger partial charge in [0.1, 0.15) is 11.6 Å². The summed E-state index contributed by atoms with van der Waals surface area (Å²) in [5.74, 6) is 1.94. The summed E-state index contributed by atoms with van der Waals surface area (Å²) in [4.78, 5) is 11.9. The predicted octanol–water partition coefficient (Wildman–Crippen LogP) is 3.36. The number of aromatic nitrogens is 3. The average molecular weight is 299 g/mol. The molecule has 5 heteroatoms. The Morgan fingerprint density at radius 2 is 1.90 bits per heavy atom. The van der Waals surface area contributed by atoms with Crippen molar-refractivity contribution in [3.8, 4) is 5.69 Å². The van der Waals surface area contributed by atoms with E-state index in [-0.39, 0.29) is 5.25 Å². The number of ketones is 1. The van der Waals surface area contributed by atoms with Crippen LogP contribution in [0.25, 0.3) is 5.69 Å². The monoisotopic (exact) mass is 299 g/mol. The molecule has 1 atom stereocenters. The van der Waals surface area contributed by atoms with E-state index in [4.69, 9.17) is 0 Å². The zero-order chi connectivity index (χ0) is 14.2. The number of hydrogen-bond donors (Lipinski definition) is 0. The van der Waals surface area contributed by atoms with Crippen molar-refractivity contribution >= 4 is 17.5 Å². The molecule has 4 nitrogen and oxygen atoms in total. The lowest BCUT2D eigenvalue weighted by Gasteiger charge is -2.11. The molecule has 21 heavy (non-hydrogen) atoms. The first-order chi connectivity index (χ1) is 10.3. The third kappa shape index (κ3) is 2.50. The van der Waals surface area contributed by atoms with Gasteiger partial charge in [-0.1, -0.05) is 30.0 Å². The van der Waals surface area contributed by atoms with Gasteiger partial charge in [-0.2, -0.15) is 0 Å². The Hall–Kier alpha value is -1.62. The highest BCUT2D eigenvalue weighted by Gasteiger charge is 2.33. The van der Waals surface area contributed by atoms with Gasteiger partial charge in [0.25, 0.3) is 0 Å². The molecular weight excluding hydrogens is 282 g/mol. The molecule has 0 amide bonds. The molecule has 0 aliphatic heterocycles. The number of rotatable bonds is 4. The van der Waals surface area contributed by atoms with Gasteiger partial charge >= 0.3 is 0 Å². The fraction of sp³-hybridized carbons (Fsp3) is 0.438. The molecular formula is C16H17N3OS. The van der Waals surface area contributed by atoms with Crippen LogP contribution >= 0.6 is 11.8 Å². The van der Waals surface area contributed by atoms with Crippen LogP contribution in [0.15, 0.2) is 35.5 Å². The number of hydrogen-bond acceptors (Lipinski definition) is 4. The van der Waals surface area contributed by atoms with Gasteiger partial charge in [0.2, 0.25) is 0 Å². The fourth-order valence-electron chi connectivity index (χ4n) is 2.82. The minimum absolute atomic E-state index is 0.0590. The minimum Gasteiger partial charge on any atom is -0.298 e. The molecule has 0 N–H and O–H groups in total. The number of Topliss-reactive ketones (excluding diaryl/α,β-unsaturated/α-hetero) is 1. The van der Waals surface area contributed by atoms with E-state index in [0.717, 1.165) is 29.5 Å². The first kappa shape index (κ1) is 13.1. The van der Waals surface area contributed by atoms with Gasteiger partial charge in [-0.05, 0) is 37.8 Å². The summed E-state index contributed by atoms with van der Waals surface area (Å²) in [6, 6.07) is 10.2. The second-order valence-corrected chi connectivity index (χ2v) is 6.92. The zero-order valence-corrected chi connectivity index (χ0v) is 12.6. The first-order valence-electron chi connectivity index (χ1n) is 7.53. The van der Waals surface area contributed by atoms with E-state index >= 15 is 0 Å². The summed E-state index contributed by atoms with van der Waals surface area (Å²) in [5.41, 5.74) is 1.09. The molecule has 4 rings (SSSR count). The Kier molecular flexibility index (Phi) is 3.30. The Morgan fingerprint density at radius 3 is 2.57 bits per heavy atom. The number of nitrogens with zero attached hydrogens (tertiary/aromatic N) is 3. The van der Waals surface area contributed by atoms with E-state index in [2.05, 4.69) is 26.9 Å².